The molecule has 0 fully saturated rings. The quantitative estimate of drug-likeness (QED) is 0.510. The molecule has 15 heavy (non-hydrogen) atoms. The lowest BCUT2D eigenvalue weighted by molar-refractivity contribution is 0.0470. The summed E-state index contributed by atoms with van der Waals surface area (Å²) >= 11 is 0. The molecule has 0 amide bonds. The van der Waals surface area contributed by atoms with Gasteiger partial charge in [0, 0.05) is 0 Å². The Hall–Kier alpha value is -0.383. The largest absolute Gasteiger partial charge is 0.386 e. The summed E-state index contributed by atoms with van der Waals surface area (Å²) in [6.45, 7) is 19.5. The van der Waals surface area contributed by atoms with Crippen LogP contribution in [0.4, 0.5) is 0 Å². The van der Waals surface area contributed by atoms with Crippen LogP contribution < -0.4 is 0 Å². The fourth-order valence-corrected chi connectivity index (χ4v) is 4.11. The van der Waals surface area contributed by atoms with Crippen LogP contribution >= 0.6 is 0 Å². The minimum atomic E-state index is -2.16. The van der Waals surface area contributed by atoms with E-state index >= 15 is 0 Å². The molecule has 0 atom stereocenters. The van der Waals surface area contributed by atoms with E-state index in [0.717, 1.165) is 0 Å². The third-order valence-electron chi connectivity index (χ3n) is 2.00. The predicted molar refractivity (Wildman–Crippen MR) is 68.2 cm³/mol. The summed E-state index contributed by atoms with van der Waals surface area (Å²) in [5.41, 5.74) is -0.681. The van der Waals surface area contributed by atoms with Crippen molar-refractivity contribution in [3.63, 3.8) is 0 Å². The van der Waals surface area contributed by atoms with E-state index in [1.807, 2.05) is 40.8 Å². The van der Waals surface area contributed by atoms with E-state index in [9.17, 15) is 0 Å². The molecule has 0 N–H and O–H groups in total. The summed E-state index contributed by atoms with van der Waals surface area (Å²) in [7, 11) is -2.16. The molecular weight excluding hydrogens is 204 g/mol. The average molecular weight is 228 g/mol. The van der Waals surface area contributed by atoms with Crippen LogP contribution in [0.3, 0.4) is 0 Å². The summed E-state index contributed by atoms with van der Waals surface area (Å²) < 4.78 is 11.9. The van der Waals surface area contributed by atoms with Gasteiger partial charge in [-0.25, -0.2) is 0 Å². The van der Waals surface area contributed by atoms with E-state index in [-0.39, 0.29) is 11.2 Å². The minimum absolute atomic E-state index is 0.340. The van der Waals surface area contributed by atoms with Gasteiger partial charge in [-0.1, -0.05) is 12.2 Å². The van der Waals surface area contributed by atoms with Gasteiger partial charge in [-0.3, -0.25) is 0 Å². The van der Waals surface area contributed by atoms with Crippen molar-refractivity contribution >= 4 is 8.56 Å². The van der Waals surface area contributed by atoms with Gasteiger partial charge in [0.05, 0.1) is 11.2 Å². The van der Waals surface area contributed by atoms with Crippen molar-refractivity contribution in [1.82, 2.24) is 0 Å². The average Bonchev–Trinajstić information content (AvgIpc) is 2.00. The van der Waals surface area contributed by atoms with E-state index in [1.165, 1.54) is 0 Å². The topological polar surface area (TPSA) is 18.5 Å². The first-order valence-electron chi connectivity index (χ1n) is 5.21. The second-order valence-electron chi connectivity index (χ2n) is 5.22. The highest BCUT2D eigenvalue weighted by molar-refractivity contribution is 6.64. The molecule has 0 aliphatic carbocycles. The number of hydrogen-bond donors (Lipinski definition) is 0. The lowest BCUT2D eigenvalue weighted by Gasteiger charge is -2.37. The smallest absolute Gasteiger partial charge is 0.333 e. The third-order valence-corrected chi connectivity index (χ3v) is 4.04. The fourth-order valence-electron chi connectivity index (χ4n) is 1.37. The molecule has 0 radical (unpaired) electrons. The summed E-state index contributed by atoms with van der Waals surface area (Å²) in [5.74, 6) is 0. The molecule has 3 heteroatoms. The van der Waals surface area contributed by atoms with Crippen molar-refractivity contribution in [3.8, 4) is 0 Å². The van der Waals surface area contributed by atoms with Crippen molar-refractivity contribution in [2.45, 2.75) is 52.0 Å². The lowest BCUT2D eigenvalue weighted by Crippen LogP contribution is -2.47. The Labute approximate surface area is 95.2 Å². The molecule has 0 bridgehead atoms. The monoisotopic (exact) mass is 228 g/mol. The first kappa shape index (κ1) is 14.6. The molecule has 2 nitrogen and oxygen atoms in total. The van der Waals surface area contributed by atoms with Crippen LogP contribution in [0.15, 0.2) is 25.3 Å². The van der Waals surface area contributed by atoms with Gasteiger partial charge < -0.3 is 8.85 Å². The summed E-state index contributed by atoms with van der Waals surface area (Å²) in [6.07, 6.45) is 3.60. The van der Waals surface area contributed by atoms with Gasteiger partial charge in [-0.15, -0.1) is 13.2 Å². The van der Waals surface area contributed by atoms with Gasteiger partial charge in [0.15, 0.2) is 0 Å². The molecule has 0 aromatic rings. The van der Waals surface area contributed by atoms with E-state index in [1.54, 1.807) is 12.2 Å². The second kappa shape index (κ2) is 4.64. The molecule has 0 aromatic heterocycles. The van der Waals surface area contributed by atoms with Crippen LogP contribution in [-0.4, -0.2) is 19.8 Å². The maximum atomic E-state index is 5.96. The zero-order chi connectivity index (χ0) is 12.3. The maximum Gasteiger partial charge on any atom is 0.333 e. The van der Waals surface area contributed by atoms with Crippen molar-refractivity contribution in [3.05, 3.63) is 25.3 Å². The van der Waals surface area contributed by atoms with Crippen LogP contribution in [0, 0.1) is 0 Å². The molecule has 0 spiro atoms. The highest BCUT2D eigenvalue weighted by Gasteiger charge is 2.35. The number of hydrogen-bond acceptors (Lipinski definition) is 2. The third kappa shape index (κ3) is 5.92. The van der Waals surface area contributed by atoms with Crippen molar-refractivity contribution in [2.24, 2.45) is 0 Å². The van der Waals surface area contributed by atoms with Crippen LogP contribution in [0.5, 0.6) is 0 Å². The van der Waals surface area contributed by atoms with Crippen molar-refractivity contribution < 1.29 is 8.85 Å². The Morgan fingerprint density at radius 1 is 0.867 bits per heavy atom. The highest BCUT2D eigenvalue weighted by atomic mass is 28.4. The lowest BCUT2D eigenvalue weighted by atomic mass is 10.1. The molecule has 0 saturated carbocycles. The highest BCUT2D eigenvalue weighted by Crippen LogP contribution is 2.24. The van der Waals surface area contributed by atoms with Gasteiger partial charge in [0.1, 0.15) is 0 Å². The molecule has 88 valence electrons. The summed E-state index contributed by atoms with van der Waals surface area (Å²) in [5, 5.41) is 0. The normalized spacial score (nSPS) is 13.7. The Morgan fingerprint density at radius 3 is 1.33 bits per heavy atom. The van der Waals surface area contributed by atoms with Gasteiger partial charge in [-0.2, -0.15) is 0 Å². The fraction of sp³-hybridized carbons (Fsp3) is 0.667. The molecule has 0 heterocycles. The Kier molecular flexibility index (Phi) is 4.52. The predicted octanol–water partition coefficient (Wildman–Crippen LogP) is 3.65. The van der Waals surface area contributed by atoms with Crippen LogP contribution in [0.2, 0.25) is 13.1 Å². The molecule has 0 aliphatic heterocycles. The first-order chi connectivity index (χ1) is 6.54. The van der Waals surface area contributed by atoms with Gasteiger partial charge >= 0.3 is 8.56 Å². The molecule has 0 saturated heterocycles. The zero-order valence-corrected chi connectivity index (χ0v) is 11.9. The second-order valence-corrected chi connectivity index (χ2v) is 8.43. The van der Waals surface area contributed by atoms with Gasteiger partial charge in [0.2, 0.25) is 0 Å². The molecule has 0 unspecified atom stereocenters. The van der Waals surface area contributed by atoms with Crippen molar-refractivity contribution in [1.29, 1.82) is 0 Å². The Bertz CT molecular complexity index is 218. The SMILES string of the molecule is C=CC(C)(C)O[Si](C)(C)OC(C)(C)C=C. The van der Waals surface area contributed by atoms with Crippen LogP contribution in [-0.2, 0) is 8.85 Å². The van der Waals surface area contributed by atoms with Gasteiger partial charge in [0.25, 0.3) is 0 Å². The first-order valence-corrected chi connectivity index (χ1v) is 8.03. The van der Waals surface area contributed by atoms with Crippen LogP contribution in [0.1, 0.15) is 27.7 Å². The Morgan fingerprint density at radius 2 is 1.13 bits per heavy atom. The van der Waals surface area contributed by atoms with E-state index in [4.69, 9.17) is 8.85 Å². The van der Waals surface area contributed by atoms with Gasteiger partial charge in [-0.05, 0) is 40.8 Å². The molecular formula is C12H24O2Si. The Balaban J connectivity index is 4.56. The minimum Gasteiger partial charge on any atom is -0.386 e. The zero-order valence-electron chi connectivity index (χ0n) is 10.9. The van der Waals surface area contributed by atoms with Crippen molar-refractivity contribution in [2.75, 3.05) is 0 Å². The molecule has 0 rings (SSSR count). The van der Waals surface area contributed by atoms with E-state index < -0.39 is 8.56 Å². The van der Waals surface area contributed by atoms with E-state index in [2.05, 4.69) is 13.2 Å². The molecule has 0 aliphatic rings. The summed E-state index contributed by atoms with van der Waals surface area (Å²) in [6, 6.07) is 0. The number of rotatable bonds is 6. The standard InChI is InChI=1S/C12H24O2Si/c1-9-11(3,4)13-15(7,8)14-12(5,6)10-2/h9-10H,1-2H2,3-8H3. The molecule has 0 aromatic carbocycles. The maximum absolute atomic E-state index is 5.96. The van der Waals surface area contributed by atoms with E-state index in [0.29, 0.717) is 0 Å². The summed E-state index contributed by atoms with van der Waals surface area (Å²) in [4.78, 5) is 0. The van der Waals surface area contributed by atoms with Crippen LogP contribution in [0.25, 0.3) is 0 Å².